The van der Waals surface area contributed by atoms with Gasteiger partial charge in [-0.1, -0.05) is 0 Å². The van der Waals surface area contributed by atoms with Gasteiger partial charge in [-0.2, -0.15) is 0 Å². The Balaban J connectivity index is 1.88. The molecule has 1 aromatic rings. The van der Waals surface area contributed by atoms with Gasteiger partial charge in [0.1, 0.15) is 15.1 Å². The van der Waals surface area contributed by atoms with Gasteiger partial charge < -0.3 is 19.4 Å². The first-order valence-electron chi connectivity index (χ1n) is 7.62. The summed E-state index contributed by atoms with van der Waals surface area (Å²) in [6.45, 7) is 8.38. The average molecular weight is 421 g/mol. The molecule has 1 fully saturated rings. The number of hydrogen-bond donors (Lipinski definition) is 1. The summed E-state index contributed by atoms with van der Waals surface area (Å²) in [6.07, 6.45) is 3.66. The molecule has 0 aliphatic carbocycles. The van der Waals surface area contributed by atoms with E-state index in [1.165, 1.54) is 0 Å². The molecule has 0 atom stereocenters. The van der Waals surface area contributed by atoms with Gasteiger partial charge in [0.2, 0.25) is 0 Å². The molecule has 1 N–H and O–H groups in total. The molecule has 1 aromatic heterocycles. The Morgan fingerprint density at radius 2 is 2.18 bits per heavy atom. The van der Waals surface area contributed by atoms with E-state index in [1.807, 2.05) is 27.0 Å². The van der Waals surface area contributed by atoms with Crippen molar-refractivity contribution in [2.45, 2.75) is 51.7 Å². The van der Waals surface area contributed by atoms with E-state index in [0.717, 1.165) is 35.6 Å². The quantitative estimate of drug-likeness (QED) is 0.760. The molecule has 0 bridgehead atoms. The number of aromatic nitrogens is 2. The number of amides is 1. The number of nitrogens with one attached hydrogen (secondary N) is 1. The van der Waals surface area contributed by atoms with Crippen molar-refractivity contribution in [2.75, 3.05) is 19.8 Å². The van der Waals surface area contributed by atoms with Gasteiger partial charge in [0.15, 0.2) is 0 Å². The van der Waals surface area contributed by atoms with Crippen molar-refractivity contribution in [1.29, 1.82) is 0 Å². The molecular formula is C15H24IN3O3. The smallest absolute Gasteiger partial charge is 0.407 e. The van der Waals surface area contributed by atoms with Crippen molar-refractivity contribution >= 4 is 28.7 Å². The second-order valence-corrected chi connectivity index (χ2v) is 7.54. The number of ether oxygens (including phenoxy) is 2. The Morgan fingerprint density at radius 1 is 1.50 bits per heavy atom. The summed E-state index contributed by atoms with van der Waals surface area (Å²) in [6, 6.07) is 0. The Morgan fingerprint density at radius 3 is 2.82 bits per heavy atom. The lowest BCUT2D eigenvalue weighted by Crippen LogP contribution is -2.34. The van der Waals surface area contributed by atoms with Crippen LogP contribution in [0, 0.1) is 3.70 Å². The Labute approximate surface area is 145 Å². The molecule has 1 aliphatic rings. The molecule has 0 aromatic carbocycles. The number of halogens is 1. The Bertz CT molecular complexity index is 505. The first kappa shape index (κ1) is 17.5. The van der Waals surface area contributed by atoms with Crippen molar-refractivity contribution < 1.29 is 14.3 Å². The molecule has 2 rings (SSSR count). The first-order valence-corrected chi connectivity index (χ1v) is 8.70. The standard InChI is InChI=1S/C15H24IN3O3/c1-15(2,3)22-14(20)17-6-7-19-10-12(16)18-13(19)11-4-8-21-9-5-11/h10-11H,4-9H2,1-3H3,(H,17,20). The largest absolute Gasteiger partial charge is 0.444 e. The number of hydrogen-bond acceptors (Lipinski definition) is 4. The monoisotopic (exact) mass is 421 g/mol. The highest BCUT2D eigenvalue weighted by atomic mass is 127. The summed E-state index contributed by atoms with van der Waals surface area (Å²) in [4.78, 5) is 16.3. The molecule has 0 saturated carbocycles. The van der Waals surface area contributed by atoms with Crippen molar-refractivity contribution in [2.24, 2.45) is 0 Å². The van der Waals surface area contributed by atoms with Gasteiger partial charge in [0, 0.05) is 38.4 Å². The van der Waals surface area contributed by atoms with Crippen LogP contribution < -0.4 is 5.32 Å². The van der Waals surface area contributed by atoms with Crippen LogP contribution in [-0.2, 0) is 16.0 Å². The average Bonchev–Trinajstić information content (AvgIpc) is 2.79. The van der Waals surface area contributed by atoms with Gasteiger partial charge in [-0.15, -0.1) is 0 Å². The minimum atomic E-state index is -0.471. The zero-order valence-electron chi connectivity index (χ0n) is 13.4. The van der Waals surface area contributed by atoms with Crippen molar-refractivity contribution in [3.8, 4) is 0 Å². The van der Waals surface area contributed by atoms with E-state index in [1.54, 1.807) is 0 Å². The molecule has 124 valence electrons. The maximum absolute atomic E-state index is 11.7. The maximum Gasteiger partial charge on any atom is 0.407 e. The Hall–Kier alpha value is -0.830. The number of carbonyl (C=O) groups is 1. The fourth-order valence-electron chi connectivity index (χ4n) is 2.45. The highest BCUT2D eigenvalue weighted by Gasteiger charge is 2.21. The third kappa shape index (κ3) is 5.42. The summed E-state index contributed by atoms with van der Waals surface area (Å²) in [5.74, 6) is 1.54. The van der Waals surface area contributed by atoms with Gasteiger partial charge >= 0.3 is 6.09 Å². The second-order valence-electron chi connectivity index (χ2n) is 6.43. The fourth-order valence-corrected chi connectivity index (χ4v) is 3.03. The zero-order chi connectivity index (χ0) is 16.2. The topological polar surface area (TPSA) is 65.4 Å². The van der Waals surface area contributed by atoms with Crippen LogP contribution >= 0.6 is 22.6 Å². The fraction of sp³-hybridized carbons (Fsp3) is 0.733. The molecule has 6 nitrogen and oxygen atoms in total. The summed E-state index contributed by atoms with van der Waals surface area (Å²) >= 11 is 2.23. The number of imidazole rings is 1. The molecule has 2 heterocycles. The minimum Gasteiger partial charge on any atom is -0.444 e. The SMILES string of the molecule is CC(C)(C)OC(=O)NCCn1cc(I)nc1C1CCOCC1. The normalized spacial score (nSPS) is 16.5. The van der Waals surface area contributed by atoms with Crippen LogP contribution in [0.4, 0.5) is 4.79 Å². The summed E-state index contributed by atoms with van der Waals surface area (Å²) in [7, 11) is 0. The van der Waals surface area contributed by atoms with Crippen LogP contribution in [0.1, 0.15) is 45.4 Å². The highest BCUT2D eigenvalue weighted by Crippen LogP contribution is 2.26. The molecule has 0 radical (unpaired) electrons. The first-order chi connectivity index (χ1) is 10.3. The number of nitrogens with zero attached hydrogens (tertiary/aromatic N) is 2. The third-order valence-electron chi connectivity index (χ3n) is 3.39. The highest BCUT2D eigenvalue weighted by molar-refractivity contribution is 14.1. The van der Waals surface area contributed by atoms with E-state index in [-0.39, 0.29) is 6.09 Å². The van der Waals surface area contributed by atoms with Crippen LogP contribution in [0.15, 0.2) is 6.20 Å². The minimum absolute atomic E-state index is 0.380. The summed E-state index contributed by atoms with van der Waals surface area (Å²) < 4.78 is 13.8. The van der Waals surface area contributed by atoms with Crippen molar-refractivity contribution in [3.05, 3.63) is 15.7 Å². The molecule has 1 aliphatic heterocycles. The maximum atomic E-state index is 11.7. The molecule has 1 amide bonds. The Kier molecular flexibility index (Phi) is 6.08. The van der Waals surface area contributed by atoms with E-state index in [0.29, 0.717) is 19.0 Å². The van der Waals surface area contributed by atoms with E-state index >= 15 is 0 Å². The van der Waals surface area contributed by atoms with Crippen LogP contribution in [0.2, 0.25) is 0 Å². The number of rotatable bonds is 4. The lowest BCUT2D eigenvalue weighted by Gasteiger charge is -2.23. The van der Waals surface area contributed by atoms with E-state index in [2.05, 4.69) is 37.5 Å². The van der Waals surface area contributed by atoms with Crippen LogP contribution in [0.3, 0.4) is 0 Å². The molecule has 1 saturated heterocycles. The second kappa shape index (κ2) is 7.63. The van der Waals surface area contributed by atoms with Crippen molar-refractivity contribution in [3.63, 3.8) is 0 Å². The lowest BCUT2D eigenvalue weighted by atomic mass is 9.99. The lowest BCUT2D eigenvalue weighted by molar-refractivity contribution is 0.0525. The third-order valence-corrected chi connectivity index (χ3v) is 3.91. The molecule has 0 spiro atoms. The summed E-state index contributed by atoms with van der Waals surface area (Å²) in [5.41, 5.74) is -0.471. The molecular weight excluding hydrogens is 397 g/mol. The van der Waals surface area contributed by atoms with E-state index in [4.69, 9.17) is 9.47 Å². The zero-order valence-corrected chi connectivity index (χ0v) is 15.6. The van der Waals surface area contributed by atoms with Gasteiger partial charge in [-0.25, -0.2) is 9.78 Å². The van der Waals surface area contributed by atoms with E-state index in [9.17, 15) is 4.79 Å². The number of alkyl carbamates (subject to hydrolysis) is 1. The van der Waals surface area contributed by atoms with Crippen LogP contribution in [0.5, 0.6) is 0 Å². The predicted molar refractivity (Wildman–Crippen MR) is 92.0 cm³/mol. The van der Waals surface area contributed by atoms with Gasteiger partial charge in [0.05, 0.1) is 0 Å². The van der Waals surface area contributed by atoms with E-state index < -0.39 is 5.60 Å². The predicted octanol–water partition coefficient (Wildman–Crippen LogP) is 2.91. The summed E-state index contributed by atoms with van der Waals surface area (Å²) in [5, 5.41) is 2.79. The molecule has 0 unspecified atom stereocenters. The molecule has 22 heavy (non-hydrogen) atoms. The number of carbonyl (C=O) groups excluding carboxylic acids is 1. The van der Waals surface area contributed by atoms with Gasteiger partial charge in [0.25, 0.3) is 0 Å². The molecule has 7 heteroatoms. The van der Waals surface area contributed by atoms with Crippen molar-refractivity contribution in [1.82, 2.24) is 14.9 Å². The van der Waals surface area contributed by atoms with Gasteiger partial charge in [-0.05, 0) is 56.2 Å². The van der Waals surface area contributed by atoms with Crippen LogP contribution in [-0.4, -0.2) is 41.0 Å². The van der Waals surface area contributed by atoms with Gasteiger partial charge in [-0.3, -0.25) is 0 Å². The van der Waals surface area contributed by atoms with Crippen LogP contribution in [0.25, 0.3) is 0 Å².